The Morgan fingerprint density at radius 3 is 2.00 bits per heavy atom. The molecule has 0 aliphatic carbocycles. The number of carboxylic acid groups (broad SMARTS) is 1. The third kappa shape index (κ3) is 8.15. The minimum atomic E-state index is -1.05. The van der Waals surface area contributed by atoms with E-state index in [-0.39, 0.29) is 50.6 Å². The van der Waals surface area contributed by atoms with E-state index in [0.717, 1.165) is 16.7 Å². The standard InChI is InChI=1S/C32H36N4O6/c1-32(2,3)42-28(37)15-14-25(30(39)35-16-18-36(19-17-35)31(40)41)34-29(38)27-21-24(22-10-6-4-7-11-22)20-26(33-27)23-12-8-5-9-13-23/h4-13,20-21,25H,14-19H2,1-3H3,(H,34,38)(H,40,41)/t25-/m0/s1. The number of ether oxygens (including phenoxy) is 1. The van der Waals surface area contributed by atoms with Gasteiger partial charge in [-0.1, -0.05) is 60.7 Å². The number of hydrogen-bond donors (Lipinski definition) is 2. The number of carbonyl (C=O) groups excluding carboxylic acids is 3. The molecular weight excluding hydrogens is 536 g/mol. The first-order chi connectivity index (χ1) is 20.0. The van der Waals surface area contributed by atoms with Crippen molar-refractivity contribution >= 4 is 23.9 Å². The minimum absolute atomic E-state index is 0.0164. The smallest absolute Gasteiger partial charge is 0.407 e. The summed E-state index contributed by atoms with van der Waals surface area (Å²) < 4.78 is 5.41. The summed E-state index contributed by atoms with van der Waals surface area (Å²) in [6, 6.07) is 21.7. The highest BCUT2D eigenvalue weighted by Gasteiger charge is 2.31. The number of aromatic nitrogens is 1. The van der Waals surface area contributed by atoms with Crippen LogP contribution in [-0.4, -0.2) is 81.6 Å². The van der Waals surface area contributed by atoms with Crippen LogP contribution in [0, 0.1) is 0 Å². The highest BCUT2D eigenvalue weighted by Crippen LogP contribution is 2.26. The van der Waals surface area contributed by atoms with Crippen LogP contribution in [0.4, 0.5) is 4.79 Å². The van der Waals surface area contributed by atoms with Crippen molar-refractivity contribution in [1.29, 1.82) is 0 Å². The van der Waals surface area contributed by atoms with E-state index in [1.807, 2.05) is 66.7 Å². The molecule has 3 aromatic rings. The topological polar surface area (TPSA) is 129 Å². The Balaban J connectivity index is 1.60. The molecule has 220 valence electrons. The van der Waals surface area contributed by atoms with Gasteiger partial charge in [0, 0.05) is 38.2 Å². The number of pyridine rings is 1. The first-order valence-corrected chi connectivity index (χ1v) is 13.9. The fourth-order valence-electron chi connectivity index (χ4n) is 4.68. The van der Waals surface area contributed by atoms with Crippen molar-refractivity contribution in [3.05, 3.63) is 78.5 Å². The number of piperazine rings is 1. The summed E-state index contributed by atoms with van der Waals surface area (Å²) in [5, 5.41) is 12.1. The summed E-state index contributed by atoms with van der Waals surface area (Å²) >= 11 is 0. The molecule has 1 aliphatic heterocycles. The third-order valence-electron chi connectivity index (χ3n) is 6.76. The molecule has 1 aliphatic rings. The molecule has 4 rings (SSSR count). The van der Waals surface area contributed by atoms with Gasteiger partial charge in [-0.05, 0) is 50.5 Å². The van der Waals surface area contributed by atoms with Crippen molar-refractivity contribution in [3.8, 4) is 22.4 Å². The van der Waals surface area contributed by atoms with Gasteiger partial charge in [0.2, 0.25) is 5.91 Å². The Bertz CT molecular complexity index is 1360. The molecule has 10 heteroatoms. The van der Waals surface area contributed by atoms with Crippen LogP contribution in [0.1, 0.15) is 44.1 Å². The second-order valence-corrected chi connectivity index (χ2v) is 11.1. The zero-order valence-corrected chi connectivity index (χ0v) is 24.1. The molecular formula is C32H36N4O6. The van der Waals surface area contributed by atoms with E-state index in [2.05, 4.69) is 10.3 Å². The fourth-order valence-corrected chi connectivity index (χ4v) is 4.68. The van der Waals surface area contributed by atoms with Crippen molar-refractivity contribution in [3.63, 3.8) is 0 Å². The number of esters is 1. The van der Waals surface area contributed by atoms with E-state index in [1.165, 1.54) is 9.80 Å². The van der Waals surface area contributed by atoms with Crippen molar-refractivity contribution in [2.45, 2.75) is 45.3 Å². The molecule has 2 heterocycles. The Hall–Kier alpha value is -4.73. The van der Waals surface area contributed by atoms with Gasteiger partial charge in [-0.25, -0.2) is 9.78 Å². The van der Waals surface area contributed by atoms with Crippen LogP contribution in [0.2, 0.25) is 0 Å². The number of amides is 3. The number of hydrogen-bond acceptors (Lipinski definition) is 6. The second kappa shape index (κ2) is 13.3. The molecule has 0 spiro atoms. The van der Waals surface area contributed by atoms with Crippen molar-refractivity contribution in [1.82, 2.24) is 20.1 Å². The predicted molar refractivity (Wildman–Crippen MR) is 158 cm³/mol. The Kier molecular flexibility index (Phi) is 9.57. The molecule has 2 aromatic carbocycles. The molecule has 0 saturated carbocycles. The van der Waals surface area contributed by atoms with E-state index in [1.54, 1.807) is 26.8 Å². The van der Waals surface area contributed by atoms with Crippen LogP contribution >= 0.6 is 0 Å². The van der Waals surface area contributed by atoms with Gasteiger partial charge in [0.05, 0.1) is 5.69 Å². The molecule has 10 nitrogen and oxygen atoms in total. The lowest BCUT2D eigenvalue weighted by Gasteiger charge is -2.35. The molecule has 2 N–H and O–H groups in total. The lowest BCUT2D eigenvalue weighted by Crippen LogP contribution is -2.55. The van der Waals surface area contributed by atoms with E-state index in [0.29, 0.717) is 5.69 Å². The summed E-state index contributed by atoms with van der Waals surface area (Å²) in [5.74, 6) is -1.43. The van der Waals surface area contributed by atoms with Crippen molar-refractivity contribution in [2.75, 3.05) is 26.2 Å². The van der Waals surface area contributed by atoms with Crippen molar-refractivity contribution < 1.29 is 29.0 Å². The monoisotopic (exact) mass is 572 g/mol. The molecule has 0 radical (unpaired) electrons. The molecule has 42 heavy (non-hydrogen) atoms. The first-order valence-electron chi connectivity index (χ1n) is 13.9. The van der Waals surface area contributed by atoms with Gasteiger partial charge in [-0.3, -0.25) is 14.4 Å². The van der Waals surface area contributed by atoms with Gasteiger partial charge < -0.3 is 25.0 Å². The van der Waals surface area contributed by atoms with Gasteiger partial charge in [0.1, 0.15) is 17.3 Å². The lowest BCUT2D eigenvalue weighted by molar-refractivity contribution is -0.155. The number of rotatable bonds is 8. The largest absolute Gasteiger partial charge is 0.465 e. The first kappa shape index (κ1) is 30.2. The average molecular weight is 573 g/mol. The van der Waals surface area contributed by atoms with Crippen LogP contribution in [0.3, 0.4) is 0 Å². The van der Waals surface area contributed by atoms with Crippen molar-refractivity contribution in [2.24, 2.45) is 0 Å². The average Bonchev–Trinajstić information content (AvgIpc) is 2.98. The summed E-state index contributed by atoms with van der Waals surface area (Å²) in [5.41, 5.74) is 2.56. The maximum Gasteiger partial charge on any atom is 0.407 e. The number of benzene rings is 2. The zero-order valence-electron chi connectivity index (χ0n) is 24.1. The second-order valence-electron chi connectivity index (χ2n) is 11.1. The van der Waals surface area contributed by atoms with Gasteiger partial charge in [0.15, 0.2) is 0 Å². The summed E-state index contributed by atoms with van der Waals surface area (Å²) in [4.78, 5) is 58.5. The molecule has 0 bridgehead atoms. The van der Waals surface area contributed by atoms with E-state index < -0.39 is 29.6 Å². The van der Waals surface area contributed by atoms with Crippen LogP contribution in [-0.2, 0) is 14.3 Å². The predicted octanol–water partition coefficient (Wildman–Crippen LogP) is 4.46. The molecule has 1 saturated heterocycles. The summed E-state index contributed by atoms with van der Waals surface area (Å²) in [6.07, 6.45) is -1.12. The van der Waals surface area contributed by atoms with Gasteiger partial charge >= 0.3 is 12.1 Å². The number of nitrogens with zero attached hydrogens (tertiary/aromatic N) is 3. The Labute approximate surface area is 245 Å². The molecule has 1 fully saturated rings. The summed E-state index contributed by atoms with van der Waals surface area (Å²) in [6.45, 7) is 5.96. The normalized spacial score (nSPS) is 14.2. The van der Waals surface area contributed by atoms with Crippen LogP contribution in [0.5, 0.6) is 0 Å². The maximum atomic E-state index is 13.7. The Morgan fingerprint density at radius 1 is 0.857 bits per heavy atom. The minimum Gasteiger partial charge on any atom is -0.465 e. The Morgan fingerprint density at radius 2 is 1.43 bits per heavy atom. The molecule has 3 amide bonds. The van der Waals surface area contributed by atoms with Crippen LogP contribution in [0.25, 0.3) is 22.4 Å². The molecule has 0 unspecified atom stereocenters. The summed E-state index contributed by atoms with van der Waals surface area (Å²) in [7, 11) is 0. The van der Waals surface area contributed by atoms with Crippen LogP contribution < -0.4 is 5.32 Å². The lowest BCUT2D eigenvalue weighted by atomic mass is 10.0. The molecule has 1 aromatic heterocycles. The van der Waals surface area contributed by atoms with Gasteiger partial charge in [-0.15, -0.1) is 0 Å². The fraction of sp³-hybridized carbons (Fsp3) is 0.344. The highest BCUT2D eigenvalue weighted by molar-refractivity contribution is 5.98. The van der Waals surface area contributed by atoms with Gasteiger partial charge in [-0.2, -0.15) is 0 Å². The SMILES string of the molecule is CC(C)(C)OC(=O)CC[C@H](NC(=O)c1cc(-c2ccccc2)cc(-c2ccccc2)n1)C(=O)N1CCN(C(=O)O)CC1. The zero-order chi connectivity index (χ0) is 30.3. The van der Waals surface area contributed by atoms with Gasteiger partial charge in [0.25, 0.3) is 5.91 Å². The maximum absolute atomic E-state index is 13.7. The third-order valence-corrected chi connectivity index (χ3v) is 6.76. The quantitative estimate of drug-likeness (QED) is 0.381. The van der Waals surface area contributed by atoms with E-state index >= 15 is 0 Å². The number of nitrogens with one attached hydrogen (secondary N) is 1. The van der Waals surface area contributed by atoms with E-state index in [9.17, 15) is 24.3 Å². The molecule has 1 atom stereocenters. The number of carbonyl (C=O) groups is 4. The van der Waals surface area contributed by atoms with Crippen LogP contribution in [0.15, 0.2) is 72.8 Å². The highest BCUT2D eigenvalue weighted by atomic mass is 16.6. The van der Waals surface area contributed by atoms with E-state index in [4.69, 9.17) is 4.74 Å².